The van der Waals surface area contributed by atoms with Crippen LogP contribution < -0.4 is 5.32 Å². The summed E-state index contributed by atoms with van der Waals surface area (Å²) in [5.74, 6) is 0.339. The number of thioether (sulfide) groups is 1. The van der Waals surface area contributed by atoms with Crippen molar-refractivity contribution in [3.63, 3.8) is 0 Å². The third-order valence-corrected chi connectivity index (χ3v) is 3.36. The minimum Gasteiger partial charge on any atom is -0.414 e. The van der Waals surface area contributed by atoms with Crippen molar-refractivity contribution in [1.29, 1.82) is 0 Å². The molecule has 1 heterocycles. The SMILES string of the molecule is CN(C)C(=O)CSc1nnc(CNc2ccc(F)cc2)o1. The Morgan fingerprint density at radius 3 is 2.71 bits per heavy atom. The van der Waals surface area contributed by atoms with Crippen LogP contribution in [0, 0.1) is 5.82 Å². The van der Waals surface area contributed by atoms with Crippen molar-refractivity contribution in [2.75, 3.05) is 25.2 Å². The molecule has 1 aromatic heterocycles. The normalized spacial score (nSPS) is 10.4. The zero-order valence-electron chi connectivity index (χ0n) is 11.7. The minimum absolute atomic E-state index is 0.0239. The lowest BCUT2D eigenvalue weighted by Gasteiger charge is -2.07. The number of halogens is 1. The van der Waals surface area contributed by atoms with E-state index in [0.717, 1.165) is 5.69 Å². The van der Waals surface area contributed by atoms with Crippen LogP contribution >= 0.6 is 11.8 Å². The molecule has 1 aromatic carbocycles. The lowest BCUT2D eigenvalue weighted by atomic mass is 10.3. The fourth-order valence-corrected chi connectivity index (χ4v) is 2.12. The van der Waals surface area contributed by atoms with Crippen LogP contribution in [0.1, 0.15) is 5.89 Å². The number of benzene rings is 1. The van der Waals surface area contributed by atoms with Crippen LogP contribution in [0.3, 0.4) is 0 Å². The van der Waals surface area contributed by atoms with E-state index in [1.807, 2.05) is 0 Å². The van der Waals surface area contributed by atoms with Crippen LogP contribution in [0.25, 0.3) is 0 Å². The predicted molar refractivity (Wildman–Crippen MR) is 77.4 cm³/mol. The third-order valence-electron chi connectivity index (χ3n) is 2.55. The fraction of sp³-hybridized carbons (Fsp3) is 0.308. The van der Waals surface area contributed by atoms with Crippen molar-refractivity contribution < 1.29 is 13.6 Å². The van der Waals surface area contributed by atoms with Gasteiger partial charge in [0.25, 0.3) is 5.22 Å². The summed E-state index contributed by atoms with van der Waals surface area (Å²) in [7, 11) is 3.38. The summed E-state index contributed by atoms with van der Waals surface area (Å²) >= 11 is 1.19. The van der Waals surface area contributed by atoms with E-state index < -0.39 is 0 Å². The molecule has 112 valence electrons. The topological polar surface area (TPSA) is 71.3 Å². The Kier molecular flexibility index (Phi) is 5.15. The van der Waals surface area contributed by atoms with Gasteiger partial charge in [-0.25, -0.2) is 4.39 Å². The Labute approximate surface area is 125 Å². The maximum Gasteiger partial charge on any atom is 0.277 e. The van der Waals surface area contributed by atoms with Crippen LogP contribution in [0.5, 0.6) is 0 Å². The Bertz CT molecular complexity index is 600. The monoisotopic (exact) mass is 310 g/mol. The second-order valence-corrected chi connectivity index (χ2v) is 5.33. The lowest BCUT2D eigenvalue weighted by molar-refractivity contribution is -0.125. The number of rotatable bonds is 6. The van der Waals surface area contributed by atoms with E-state index in [-0.39, 0.29) is 17.5 Å². The van der Waals surface area contributed by atoms with Gasteiger partial charge in [0, 0.05) is 19.8 Å². The molecule has 6 nitrogen and oxygen atoms in total. The quantitative estimate of drug-likeness (QED) is 0.823. The second kappa shape index (κ2) is 7.07. The van der Waals surface area contributed by atoms with E-state index in [9.17, 15) is 9.18 Å². The van der Waals surface area contributed by atoms with Crippen molar-refractivity contribution in [1.82, 2.24) is 15.1 Å². The van der Waals surface area contributed by atoms with Crippen LogP contribution in [0.15, 0.2) is 33.9 Å². The highest BCUT2D eigenvalue weighted by Crippen LogP contribution is 2.17. The molecule has 0 aliphatic heterocycles. The summed E-state index contributed by atoms with van der Waals surface area (Å²) in [6.45, 7) is 0.334. The lowest BCUT2D eigenvalue weighted by Crippen LogP contribution is -2.23. The van der Waals surface area contributed by atoms with Gasteiger partial charge in [0.1, 0.15) is 5.82 Å². The first kappa shape index (κ1) is 15.3. The van der Waals surface area contributed by atoms with Gasteiger partial charge in [-0.1, -0.05) is 11.8 Å². The van der Waals surface area contributed by atoms with Crippen LogP contribution in [-0.4, -0.2) is 40.9 Å². The van der Waals surface area contributed by atoms with E-state index in [2.05, 4.69) is 15.5 Å². The molecule has 21 heavy (non-hydrogen) atoms. The smallest absolute Gasteiger partial charge is 0.277 e. The number of nitrogens with one attached hydrogen (secondary N) is 1. The number of hydrogen-bond acceptors (Lipinski definition) is 6. The highest BCUT2D eigenvalue weighted by atomic mass is 32.2. The van der Waals surface area contributed by atoms with Crippen molar-refractivity contribution >= 4 is 23.4 Å². The van der Waals surface area contributed by atoms with Gasteiger partial charge in [0.2, 0.25) is 11.8 Å². The standard InChI is InChI=1S/C13H15FN4O2S/c1-18(2)12(19)8-21-13-17-16-11(20-13)7-15-10-5-3-9(14)4-6-10/h3-6,15H,7-8H2,1-2H3. The molecule has 0 aliphatic carbocycles. The molecule has 0 fully saturated rings. The predicted octanol–water partition coefficient (Wildman–Crippen LogP) is 2.00. The highest BCUT2D eigenvalue weighted by molar-refractivity contribution is 7.99. The van der Waals surface area contributed by atoms with Crippen LogP contribution in [0.2, 0.25) is 0 Å². The summed E-state index contributed by atoms with van der Waals surface area (Å²) in [5, 5.41) is 11.1. The zero-order chi connectivity index (χ0) is 15.2. The number of carbonyl (C=O) groups is 1. The summed E-state index contributed by atoms with van der Waals surface area (Å²) in [6, 6.07) is 5.98. The van der Waals surface area contributed by atoms with Gasteiger partial charge in [-0.3, -0.25) is 4.79 Å². The molecule has 0 spiro atoms. The third kappa shape index (κ3) is 4.75. The highest BCUT2D eigenvalue weighted by Gasteiger charge is 2.10. The first-order chi connectivity index (χ1) is 10.0. The van der Waals surface area contributed by atoms with Gasteiger partial charge < -0.3 is 14.6 Å². The van der Waals surface area contributed by atoms with E-state index >= 15 is 0 Å². The molecule has 1 amide bonds. The fourth-order valence-electron chi connectivity index (χ4n) is 1.37. The van der Waals surface area contributed by atoms with Gasteiger partial charge in [0.15, 0.2) is 0 Å². The Morgan fingerprint density at radius 1 is 1.33 bits per heavy atom. The summed E-state index contributed by atoms with van der Waals surface area (Å²) < 4.78 is 18.2. The van der Waals surface area contributed by atoms with Crippen molar-refractivity contribution in [3.05, 3.63) is 36.0 Å². The van der Waals surface area contributed by atoms with Gasteiger partial charge in [-0.05, 0) is 24.3 Å². The summed E-state index contributed by atoms with van der Waals surface area (Å²) in [5.41, 5.74) is 0.756. The van der Waals surface area contributed by atoms with E-state index in [1.54, 1.807) is 26.2 Å². The first-order valence-electron chi connectivity index (χ1n) is 6.19. The number of hydrogen-bond donors (Lipinski definition) is 1. The molecule has 0 bridgehead atoms. The maximum absolute atomic E-state index is 12.8. The number of amides is 1. The molecule has 0 aliphatic rings. The maximum atomic E-state index is 12.8. The van der Waals surface area contributed by atoms with E-state index in [4.69, 9.17) is 4.42 Å². The van der Waals surface area contributed by atoms with Crippen LogP contribution in [0.4, 0.5) is 10.1 Å². The number of carbonyl (C=O) groups excluding carboxylic acids is 1. The molecule has 1 N–H and O–H groups in total. The summed E-state index contributed by atoms with van der Waals surface area (Å²) in [6.07, 6.45) is 0. The molecule has 8 heteroatoms. The number of aromatic nitrogens is 2. The van der Waals surface area contributed by atoms with Crippen molar-refractivity contribution in [2.45, 2.75) is 11.8 Å². The molecule has 0 saturated heterocycles. The molecular formula is C13H15FN4O2S. The minimum atomic E-state index is -0.289. The molecule has 0 atom stereocenters. The van der Waals surface area contributed by atoms with Gasteiger partial charge >= 0.3 is 0 Å². The Hall–Kier alpha value is -2.09. The Morgan fingerprint density at radius 2 is 2.05 bits per heavy atom. The molecule has 0 unspecified atom stereocenters. The van der Waals surface area contributed by atoms with Gasteiger partial charge in [0.05, 0.1) is 12.3 Å². The zero-order valence-corrected chi connectivity index (χ0v) is 12.5. The molecule has 0 saturated carbocycles. The Balaban J connectivity index is 1.82. The average Bonchev–Trinajstić information content (AvgIpc) is 2.92. The largest absolute Gasteiger partial charge is 0.414 e. The average molecular weight is 310 g/mol. The second-order valence-electron chi connectivity index (χ2n) is 4.40. The van der Waals surface area contributed by atoms with Crippen molar-refractivity contribution in [3.8, 4) is 0 Å². The first-order valence-corrected chi connectivity index (χ1v) is 7.18. The molecular weight excluding hydrogens is 295 g/mol. The number of nitrogens with zero attached hydrogens (tertiary/aromatic N) is 3. The molecule has 2 aromatic rings. The molecule has 0 radical (unpaired) electrons. The van der Waals surface area contributed by atoms with E-state index in [0.29, 0.717) is 17.7 Å². The van der Waals surface area contributed by atoms with Gasteiger partial charge in [-0.2, -0.15) is 0 Å². The van der Waals surface area contributed by atoms with E-state index in [1.165, 1.54) is 28.8 Å². The van der Waals surface area contributed by atoms with Crippen molar-refractivity contribution in [2.24, 2.45) is 0 Å². The van der Waals surface area contributed by atoms with Crippen LogP contribution in [-0.2, 0) is 11.3 Å². The summed E-state index contributed by atoms with van der Waals surface area (Å²) in [4.78, 5) is 12.9. The molecule has 2 rings (SSSR count). The van der Waals surface area contributed by atoms with Gasteiger partial charge in [-0.15, -0.1) is 10.2 Å². The number of anilines is 1.